The van der Waals surface area contributed by atoms with Crippen LogP contribution in [0.4, 0.5) is 5.69 Å². The summed E-state index contributed by atoms with van der Waals surface area (Å²) < 4.78 is 0.716. The maximum atomic E-state index is 11.4. The van der Waals surface area contributed by atoms with Gasteiger partial charge in [0.1, 0.15) is 6.07 Å². The summed E-state index contributed by atoms with van der Waals surface area (Å²) in [5, 5.41) is 12.1. The molecule has 5 heteroatoms. The molecule has 0 fully saturated rings. The molecule has 15 heavy (non-hydrogen) atoms. The summed E-state index contributed by atoms with van der Waals surface area (Å²) in [5.74, 6) is -0.0464. The van der Waals surface area contributed by atoms with Gasteiger partial charge in [-0.1, -0.05) is 15.9 Å². The van der Waals surface area contributed by atoms with Gasteiger partial charge in [0, 0.05) is 17.1 Å². The molecule has 0 amide bonds. The Balaban J connectivity index is 3.33. The Morgan fingerprint density at radius 3 is 2.73 bits per heavy atom. The maximum absolute atomic E-state index is 11.4. The van der Waals surface area contributed by atoms with Crippen LogP contribution in [0.5, 0.6) is 0 Å². The van der Waals surface area contributed by atoms with E-state index >= 15 is 0 Å². The van der Waals surface area contributed by atoms with Crippen LogP contribution in [-0.2, 0) is 0 Å². The molecule has 0 aliphatic heterocycles. The minimum Gasteiger partial charge on any atom is -0.386 e. The summed E-state index contributed by atoms with van der Waals surface area (Å²) in [5.41, 5.74) is 1.68. The molecular weight excluding hydrogens is 324 g/mol. The molecule has 78 valence electrons. The number of nitriles is 1. The zero-order valence-electron chi connectivity index (χ0n) is 7.97. The highest BCUT2D eigenvalue weighted by Gasteiger charge is 2.11. The molecule has 1 N–H and O–H groups in total. The van der Waals surface area contributed by atoms with Gasteiger partial charge in [0.2, 0.25) is 0 Å². The molecule has 0 saturated carbocycles. The number of anilines is 1. The van der Waals surface area contributed by atoms with Crippen molar-refractivity contribution >= 4 is 43.3 Å². The standard InChI is InChI=1S/C10H8Br2N2O/c1-14-10-7(5-13)2-6(3-8(10)12)9(15)4-11/h2-3,14H,4H2,1H3. The van der Waals surface area contributed by atoms with E-state index in [1.54, 1.807) is 19.2 Å². The van der Waals surface area contributed by atoms with E-state index in [-0.39, 0.29) is 11.1 Å². The number of ketones is 1. The Morgan fingerprint density at radius 1 is 1.60 bits per heavy atom. The van der Waals surface area contributed by atoms with Crippen LogP contribution in [-0.4, -0.2) is 18.2 Å². The van der Waals surface area contributed by atoms with E-state index < -0.39 is 0 Å². The van der Waals surface area contributed by atoms with Crippen LogP contribution in [0.15, 0.2) is 16.6 Å². The van der Waals surface area contributed by atoms with Crippen LogP contribution in [0.25, 0.3) is 0 Å². The van der Waals surface area contributed by atoms with Crippen LogP contribution in [0, 0.1) is 11.3 Å². The fraction of sp³-hybridized carbons (Fsp3) is 0.200. The lowest BCUT2D eigenvalue weighted by Gasteiger charge is -2.08. The summed E-state index contributed by atoms with van der Waals surface area (Å²) in [6.07, 6.45) is 0. The van der Waals surface area contributed by atoms with Crippen LogP contribution < -0.4 is 5.32 Å². The van der Waals surface area contributed by atoms with Crippen LogP contribution in [0.2, 0.25) is 0 Å². The Labute approximate surface area is 105 Å². The smallest absolute Gasteiger partial charge is 0.173 e. The number of Topliss-reactive ketones (excluding diaryl/α,β-unsaturated/α-hetero) is 1. The largest absolute Gasteiger partial charge is 0.386 e. The lowest BCUT2D eigenvalue weighted by Crippen LogP contribution is -2.03. The summed E-state index contributed by atoms with van der Waals surface area (Å²) in [6.45, 7) is 0. The number of hydrogen-bond donors (Lipinski definition) is 1. The normalized spacial score (nSPS) is 9.47. The quantitative estimate of drug-likeness (QED) is 0.684. The number of hydrogen-bond acceptors (Lipinski definition) is 3. The van der Waals surface area contributed by atoms with E-state index in [1.165, 1.54) is 0 Å². The van der Waals surface area contributed by atoms with Crippen molar-refractivity contribution in [3.8, 4) is 6.07 Å². The van der Waals surface area contributed by atoms with Crippen molar-refractivity contribution in [2.24, 2.45) is 0 Å². The van der Waals surface area contributed by atoms with E-state index in [9.17, 15) is 4.79 Å². The molecule has 0 bridgehead atoms. The van der Waals surface area contributed by atoms with Crippen molar-refractivity contribution in [3.63, 3.8) is 0 Å². The number of nitrogens with zero attached hydrogens (tertiary/aromatic N) is 1. The van der Waals surface area contributed by atoms with E-state index in [2.05, 4.69) is 37.2 Å². The molecule has 0 radical (unpaired) electrons. The van der Waals surface area contributed by atoms with Gasteiger partial charge in [-0.05, 0) is 28.1 Å². The van der Waals surface area contributed by atoms with E-state index in [4.69, 9.17) is 5.26 Å². The summed E-state index contributed by atoms with van der Waals surface area (Å²) in [7, 11) is 1.73. The Bertz CT molecular complexity index is 438. The summed E-state index contributed by atoms with van der Waals surface area (Å²) in [6, 6.07) is 5.33. The zero-order valence-corrected chi connectivity index (χ0v) is 11.1. The second-order valence-corrected chi connectivity index (χ2v) is 4.21. The molecule has 1 aromatic carbocycles. The number of carbonyl (C=O) groups excluding carboxylic acids is 1. The molecule has 0 atom stereocenters. The summed E-state index contributed by atoms with van der Waals surface area (Å²) >= 11 is 6.41. The topological polar surface area (TPSA) is 52.9 Å². The number of nitrogens with one attached hydrogen (secondary N) is 1. The fourth-order valence-corrected chi connectivity index (χ4v) is 2.17. The number of alkyl halides is 1. The van der Waals surface area contributed by atoms with Gasteiger partial charge >= 0.3 is 0 Å². The number of halogens is 2. The minimum atomic E-state index is -0.0464. The molecule has 0 aromatic heterocycles. The first kappa shape index (κ1) is 12.2. The monoisotopic (exact) mass is 330 g/mol. The Morgan fingerprint density at radius 2 is 2.27 bits per heavy atom. The van der Waals surface area contributed by atoms with Crippen LogP contribution in [0.1, 0.15) is 15.9 Å². The van der Waals surface area contributed by atoms with Crippen molar-refractivity contribution < 1.29 is 4.79 Å². The first-order valence-corrected chi connectivity index (χ1v) is 6.06. The lowest BCUT2D eigenvalue weighted by molar-refractivity contribution is 0.102. The van der Waals surface area contributed by atoms with Crippen molar-refractivity contribution in [1.82, 2.24) is 0 Å². The third kappa shape index (κ3) is 2.58. The third-order valence-corrected chi connectivity index (χ3v) is 3.04. The van der Waals surface area contributed by atoms with Gasteiger partial charge in [0.15, 0.2) is 5.78 Å². The van der Waals surface area contributed by atoms with Gasteiger partial charge in [-0.15, -0.1) is 0 Å². The number of carbonyl (C=O) groups is 1. The van der Waals surface area contributed by atoms with Gasteiger partial charge < -0.3 is 5.32 Å². The molecule has 0 saturated heterocycles. The van der Waals surface area contributed by atoms with Crippen molar-refractivity contribution in [2.75, 3.05) is 17.7 Å². The highest BCUT2D eigenvalue weighted by atomic mass is 79.9. The second kappa shape index (κ2) is 5.29. The molecule has 1 rings (SSSR count). The second-order valence-electron chi connectivity index (χ2n) is 2.80. The first-order valence-electron chi connectivity index (χ1n) is 4.14. The molecular formula is C10H8Br2N2O. The third-order valence-electron chi connectivity index (χ3n) is 1.90. The predicted molar refractivity (Wildman–Crippen MR) is 66.5 cm³/mol. The first-order chi connectivity index (χ1) is 7.13. The zero-order chi connectivity index (χ0) is 11.4. The molecule has 1 aromatic rings. The minimum absolute atomic E-state index is 0.0464. The van der Waals surface area contributed by atoms with Crippen LogP contribution >= 0.6 is 31.9 Å². The molecule has 0 aliphatic rings. The average Bonchev–Trinajstić information content (AvgIpc) is 2.26. The Kier molecular flexibility index (Phi) is 4.30. The molecule has 0 aliphatic carbocycles. The average molecular weight is 332 g/mol. The van der Waals surface area contributed by atoms with Gasteiger partial charge in [0.05, 0.1) is 16.6 Å². The van der Waals surface area contributed by atoms with Gasteiger partial charge in [-0.2, -0.15) is 5.26 Å². The highest BCUT2D eigenvalue weighted by Crippen LogP contribution is 2.27. The van der Waals surface area contributed by atoms with Gasteiger partial charge in [0.25, 0.3) is 0 Å². The molecule has 0 unspecified atom stereocenters. The SMILES string of the molecule is CNc1c(Br)cc(C(=O)CBr)cc1C#N. The van der Waals surface area contributed by atoms with Crippen LogP contribution in [0.3, 0.4) is 0 Å². The van der Waals surface area contributed by atoms with E-state index in [0.717, 1.165) is 0 Å². The fourth-order valence-electron chi connectivity index (χ4n) is 1.19. The van der Waals surface area contributed by atoms with Crippen molar-refractivity contribution in [3.05, 3.63) is 27.7 Å². The van der Waals surface area contributed by atoms with Gasteiger partial charge in [-0.25, -0.2) is 0 Å². The predicted octanol–water partition coefficient (Wildman–Crippen LogP) is 2.94. The number of benzene rings is 1. The lowest BCUT2D eigenvalue weighted by atomic mass is 10.1. The van der Waals surface area contributed by atoms with Crippen molar-refractivity contribution in [2.45, 2.75) is 0 Å². The molecule has 3 nitrogen and oxygen atoms in total. The Hall–Kier alpha value is -0.860. The summed E-state index contributed by atoms with van der Waals surface area (Å²) in [4.78, 5) is 11.4. The van der Waals surface area contributed by atoms with Gasteiger partial charge in [-0.3, -0.25) is 4.79 Å². The van der Waals surface area contributed by atoms with Crippen molar-refractivity contribution in [1.29, 1.82) is 5.26 Å². The molecule has 0 spiro atoms. The number of rotatable bonds is 3. The van der Waals surface area contributed by atoms with E-state index in [0.29, 0.717) is 21.3 Å². The van der Waals surface area contributed by atoms with E-state index in [1.807, 2.05) is 6.07 Å². The molecule has 0 heterocycles. The maximum Gasteiger partial charge on any atom is 0.173 e. The highest BCUT2D eigenvalue weighted by molar-refractivity contribution is 9.10.